The molecule has 5 heteroatoms. The summed E-state index contributed by atoms with van der Waals surface area (Å²) >= 11 is 0. The van der Waals surface area contributed by atoms with E-state index in [0.717, 1.165) is 59.0 Å². The van der Waals surface area contributed by atoms with Gasteiger partial charge in [-0.3, -0.25) is 9.59 Å². The quantitative estimate of drug-likeness (QED) is 0.250. The number of anilines is 1. The average Bonchev–Trinajstić information content (AvgIpc) is 3.63. The smallest absolute Gasteiger partial charge is 0.227 e. The number of carbonyl (C=O) groups is 2. The predicted molar refractivity (Wildman–Crippen MR) is 138 cm³/mol. The molecule has 1 aromatic heterocycles. The second kappa shape index (κ2) is 9.87. The molecule has 0 aliphatic heterocycles. The zero-order valence-electron chi connectivity index (χ0n) is 19.8. The molecule has 2 N–H and O–H groups in total. The summed E-state index contributed by atoms with van der Waals surface area (Å²) in [5.41, 5.74) is 5.45. The summed E-state index contributed by atoms with van der Waals surface area (Å²) in [5, 5.41) is 3.88. The van der Waals surface area contributed by atoms with E-state index in [1.165, 1.54) is 6.07 Å². The van der Waals surface area contributed by atoms with Gasteiger partial charge in [0.15, 0.2) is 5.78 Å². The van der Waals surface area contributed by atoms with Crippen LogP contribution in [-0.2, 0) is 4.79 Å². The lowest BCUT2D eigenvalue weighted by molar-refractivity contribution is -0.117. The van der Waals surface area contributed by atoms with Crippen LogP contribution in [0.1, 0.15) is 60.9 Å². The van der Waals surface area contributed by atoms with E-state index in [9.17, 15) is 14.0 Å². The molecular formula is C30H29FN2O2. The minimum atomic E-state index is -0.224. The van der Waals surface area contributed by atoms with E-state index in [1.54, 1.807) is 18.3 Å². The summed E-state index contributed by atoms with van der Waals surface area (Å²) in [6.07, 6.45) is 5.78. The van der Waals surface area contributed by atoms with Gasteiger partial charge < -0.3 is 10.3 Å². The van der Waals surface area contributed by atoms with Crippen molar-refractivity contribution in [1.29, 1.82) is 0 Å². The summed E-state index contributed by atoms with van der Waals surface area (Å²) in [5.74, 6) is 0.354. The van der Waals surface area contributed by atoms with Crippen molar-refractivity contribution in [2.24, 2.45) is 5.92 Å². The lowest BCUT2D eigenvalue weighted by Gasteiger charge is -2.11. The SMILES string of the molecule is C[C@H](CCCC(=O)c1c[nH]c2ccc(-c3ccc(NC(=O)C4CC4)cc3)cc12)c1cccc(F)c1. The van der Waals surface area contributed by atoms with Crippen molar-refractivity contribution in [3.05, 3.63) is 89.9 Å². The summed E-state index contributed by atoms with van der Waals surface area (Å²) in [4.78, 5) is 28.2. The number of carbonyl (C=O) groups excluding carboxylic acids is 2. The largest absolute Gasteiger partial charge is 0.360 e. The summed E-state index contributed by atoms with van der Waals surface area (Å²) in [7, 11) is 0. The first-order valence-electron chi connectivity index (χ1n) is 12.3. The molecule has 0 spiro atoms. The molecule has 35 heavy (non-hydrogen) atoms. The number of fused-ring (bicyclic) bond motifs is 1. The van der Waals surface area contributed by atoms with E-state index in [1.807, 2.05) is 48.5 Å². The Balaban J connectivity index is 1.25. The summed E-state index contributed by atoms with van der Waals surface area (Å²) in [6, 6.07) is 20.6. The zero-order chi connectivity index (χ0) is 24.4. The van der Waals surface area contributed by atoms with Gasteiger partial charge in [-0.2, -0.15) is 0 Å². The van der Waals surface area contributed by atoms with Gasteiger partial charge in [0, 0.05) is 40.7 Å². The highest BCUT2D eigenvalue weighted by Gasteiger charge is 2.29. The fraction of sp³-hybridized carbons (Fsp3) is 0.267. The van der Waals surface area contributed by atoms with Crippen LogP contribution in [-0.4, -0.2) is 16.7 Å². The topological polar surface area (TPSA) is 62.0 Å². The maximum Gasteiger partial charge on any atom is 0.227 e. The Bertz CT molecular complexity index is 1370. The van der Waals surface area contributed by atoms with Gasteiger partial charge in [0.1, 0.15) is 5.82 Å². The van der Waals surface area contributed by atoms with Crippen molar-refractivity contribution in [3.8, 4) is 11.1 Å². The van der Waals surface area contributed by atoms with Crippen LogP contribution in [0.25, 0.3) is 22.0 Å². The molecule has 178 valence electrons. The zero-order valence-corrected chi connectivity index (χ0v) is 19.8. The Kier molecular flexibility index (Phi) is 6.49. The van der Waals surface area contributed by atoms with Crippen LogP contribution >= 0.6 is 0 Å². The number of aromatic amines is 1. The molecule has 5 rings (SSSR count). The first-order chi connectivity index (χ1) is 17.0. The normalized spacial score (nSPS) is 14.1. The molecule has 0 unspecified atom stereocenters. The molecule has 3 aromatic carbocycles. The Hall–Kier alpha value is -3.73. The molecular weight excluding hydrogens is 439 g/mol. The van der Waals surface area contributed by atoms with Crippen molar-refractivity contribution >= 4 is 28.3 Å². The average molecular weight is 469 g/mol. The third-order valence-corrected chi connectivity index (χ3v) is 6.87. The van der Waals surface area contributed by atoms with E-state index < -0.39 is 0 Å². The summed E-state index contributed by atoms with van der Waals surface area (Å²) in [6.45, 7) is 2.07. The third kappa shape index (κ3) is 5.35. The third-order valence-electron chi connectivity index (χ3n) is 6.87. The molecule has 1 heterocycles. The van der Waals surface area contributed by atoms with Gasteiger partial charge >= 0.3 is 0 Å². The van der Waals surface area contributed by atoms with Crippen molar-refractivity contribution in [2.75, 3.05) is 5.32 Å². The van der Waals surface area contributed by atoms with Crippen molar-refractivity contribution in [2.45, 2.75) is 44.9 Å². The highest BCUT2D eigenvalue weighted by molar-refractivity contribution is 6.08. The van der Waals surface area contributed by atoms with Gasteiger partial charge in [-0.25, -0.2) is 4.39 Å². The Morgan fingerprint density at radius 2 is 1.80 bits per heavy atom. The fourth-order valence-corrected chi connectivity index (χ4v) is 4.55. The number of Topliss-reactive ketones (excluding diaryl/α,β-unsaturated/α-hetero) is 1. The molecule has 4 nitrogen and oxygen atoms in total. The number of hydrogen-bond donors (Lipinski definition) is 2. The highest BCUT2D eigenvalue weighted by atomic mass is 19.1. The molecule has 0 bridgehead atoms. The molecule has 4 aromatic rings. The molecule has 0 saturated heterocycles. The molecule has 1 fully saturated rings. The number of rotatable bonds is 9. The Morgan fingerprint density at radius 3 is 2.54 bits per heavy atom. The van der Waals surface area contributed by atoms with E-state index in [2.05, 4.69) is 17.2 Å². The first kappa shape index (κ1) is 23.0. The fourth-order valence-electron chi connectivity index (χ4n) is 4.55. The van der Waals surface area contributed by atoms with Crippen LogP contribution in [0.5, 0.6) is 0 Å². The van der Waals surface area contributed by atoms with E-state index >= 15 is 0 Å². The summed E-state index contributed by atoms with van der Waals surface area (Å²) < 4.78 is 13.5. The van der Waals surface area contributed by atoms with Crippen molar-refractivity contribution < 1.29 is 14.0 Å². The number of benzene rings is 3. The van der Waals surface area contributed by atoms with Crippen LogP contribution in [0, 0.1) is 11.7 Å². The monoisotopic (exact) mass is 468 g/mol. The minimum absolute atomic E-state index is 0.0972. The molecule has 1 aliphatic carbocycles. The number of nitrogens with one attached hydrogen (secondary N) is 2. The Labute approximate surface area is 204 Å². The minimum Gasteiger partial charge on any atom is -0.360 e. The number of aromatic nitrogens is 1. The Morgan fingerprint density at radius 1 is 1.03 bits per heavy atom. The van der Waals surface area contributed by atoms with E-state index in [0.29, 0.717) is 12.0 Å². The lowest BCUT2D eigenvalue weighted by Crippen LogP contribution is -2.12. The number of ketones is 1. The van der Waals surface area contributed by atoms with Gasteiger partial charge in [-0.05, 0) is 84.7 Å². The lowest BCUT2D eigenvalue weighted by atomic mass is 9.93. The van der Waals surface area contributed by atoms with Crippen molar-refractivity contribution in [1.82, 2.24) is 4.98 Å². The van der Waals surface area contributed by atoms with E-state index in [4.69, 9.17) is 0 Å². The number of halogens is 1. The van der Waals surface area contributed by atoms with Crippen LogP contribution in [0.3, 0.4) is 0 Å². The van der Waals surface area contributed by atoms with Crippen LogP contribution in [0.15, 0.2) is 72.9 Å². The van der Waals surface area contributed by atoms with Crippen molar-refractivity contribution in [3.63, 3.8) is 0 Å². The maximum absolute atomic E-state index is 13.5. The molecule has 1 saturated carbocycles. The second-order valence-electron chi connectivity index (χ2n) is 9.58. The highest BCUT2D eigenvalue weighted by Crippen LogP contribution is 2.31. The second-order valence-corrected chi connectivity index (χ2v) is 9.58. The van der Waals surface area contributed by atoms with Crippen LogP contribution in [0.2, 0.25) is 0 Å². The van der Waals surface area contributed by atoms with Crippen LogP contribution < -0.4 is 5.32 Å². The number of H-pyrrole nitrogens is 1. The molecule has 0 radical (unpaired) electrons. The first-order valence-corrected chi connectivity index (χ1v) is 12.3. The van der Waals surface area contributed by atoms with Gasteiger partial charge in [-0.15, -0.1) is 0 Å². The van der Waals surface area contributed by atoms with Gasteiger partial charge in [0.2, 0.25) is 5.91 Å². The predicted octanol–water partition coefficient (Wildman–Crippen LogP) is 7.48. The van der Waals surface area contributed by atoms with Gasteiger partial charge in [-0.1, -0.05) is 37.3 Å². The molecule has 1 amide bonds. The van der Waals surface area contributed by atoms with E-state index in [-0.39, 0.29) is 29.3 Å². The standard InChI is InChI=1S/C30H29FN2O2/c1-19(22-5-3-6-24(31)16-22)4-2-7-29(34)27-18-32-28-15-12-23(17-26(27)28)20-10-13-25(14-11-20)33-30(35)21-8-9-21/h3,5-6,10-19,21,32H,2,4,7-9H2,1H3,(H,33,35)/t19-/m1/s1. The van der Waals surface area contributed by atoms with Crippen LogP contribution in [0.4, 0.5) is 10.1 Å². The number of amides is 1. The van der Waals surface area contributed by atoms with Gasteiger partial charge in [0.25, 0.3) is 0 Å². The maximum atomic E-state index is 13.5. The molecule has 1 atom stereocenters. The molecule has 1 aliphatic rings. The van der Waals surface area contributed by atoms with Gasteiger partial charge in [0.05, 0.1) is 0 Å². The number of hydrogen-bond acceptors (Lipinski definition) is 2.